The molecule has 2 aromatic rings. The number of amides is 1. The van der Waals surface area contributed by atoms with Crippen LogP contribution in [0.5, 0.6) is 5.75 Å². The van der Waals surface area contributed by atoms with Gasteiger partial charge in [0.15, 0.2) is 0 Å². The number of hydrogen-bond acceptors (Lipinski definition) is 2. The number of benzene rings is 1. The number of carbonyl (C=O) groups is 1. The smallest absolute Gasteiger partial charge is 0.240 e. The largest absolute Gasteiger partial charge is 0.497 e. The quantitative estimate of drug-likeness (QED) is 0.800. The third-order valence-electron chi connectivity index (χ3n) is 4.12. The maximum Gasteiger partial charge on any atom is 0.240 e. The second kappa shape index (κ2) is 8.04. The minimum absolute atomic E-state index is 0.0652. The summed E-state index contributed by atoms with van der Waals surface area (Å²) in [6, 6.07) is 8.14. The first-order chi connectivity index (χ1) is 11.0. The second-order valence-corrected chi connectivity index (χ2v) is 6.66. The van der Waals surface area contributed by atoms with Gasteiger partial charge in [-0.3, -0.25) is 4.79 Å². The molecule has 0 saturated carbocycles. The Bertz CT molecular complexity index is 646. The van der Waals surface area contributed by atoms with E-state index in [0.717, 1.165) is 35.4 Å². The van der Waals surface area contributed by atoms with E-state index in [0.29, 0.717) is 6.54 Å². The molecule has 0 saturated heterocycles. The van der Waals surface area contributed by atoms with Crippen molar-refractivity contribution in [2.45, 2.75) is 52.6 Å². The lowest BCUT2D eigenvalue weighted by Gasteiger charge is -2.15. The lowest BCUT2D eigenvalue weighted by molar-refractivity contribution is -0.122. The standard InChI is InChI=1S/C19H28N2O2/c1-14(2)6-5-7-15(3)20-19(22)13-21-11-10-16-12-17(23-4)8-9-18(16)21/h8-12,14-15H,5-7,13H2,1-4H3,(H,20,22). The second-order valence-electron chi connectivity index (χ2n) is 6.66. The van der Waals surface area contributed by atoms with Crippen molar-refractivity contribution in [1.82, 2.24) is 9.88 Å². The van der Waals surface area contributed by atoms with E-state index in [-0.39, 0.29) is 11.9 Å². The van der Waals surface area contributed by atoms with Gasteiger partial charge in [-0.1, -0.05) is 26.7 Å². The molecule has 1 atom stereocenters. The van der Waals surface area contributed by atoms with Crippen LogP contribution in [0.1, 0.15) is 40.0 Å². The molecule has 2 rings (SSSR count). The fraction of sp³-hybridized carbons (Fsp3) is 0.526. The molecule has 0 aliphatic heterocycles. The predicted octanol–water partition coefficient (Wildman–Crippen LogP) is 3.98. The first kappa shape index (κ1) is 17.4. The van der Waals surface area contributed by atoms with Crippen LogP contribution < -0.4 is 10.1 Å². The number of carbonyl (C=O) groups excluding carboxylic acids is 1. The highest BCUT2D eigenvalue weighted by molar-refractivity contribution is 5.84. The number of fused-ring (bicyclic) bond motifs is 1. The molecule has 1 unspecified atom stereocenters. The molecule has 0 fully saturated rings. The van der Waals surface area contributed by atoms with Gasteiger partial charge in [-0.2, -0.15) is 0 Å². The number of aromatic nitrogens is 1. The highest BCUT2D eigenvalue weighted by atomic mass is 16.5. The van der Waals surface area contributed by atoms with Gasteiger partial charge in [-0.15, -0.1) is 0 Å². The minimum atomic E-state index is 0.0652. The zero-order chi connectivity index (χ0) is 16.8. The summed E-state index contributed by atoms with van der Waals surface area (Å²) in [7, 11) is 1.66. The maximum absolute atomic E-state index is 12.2. The molecule has 126 valence electrons. The van der Waals surface area contributed by atoms with Crippen LogP contribution in [0.25, 0.3) is 10.9 Å². The van der Waals surface area contributed by atoms with E-state index in [4.69, 9.17) is 4.74 Å². The van der Waals surface area contributed by atoms with Crippen LogP contribution >= 0.6 is 0 Å². The van der Waals surface area contributed by atoms with Crippen LogP contribution in [-0.4, -0.2) is 23.6 Å². The molecule has 0 radical (unpaired) electrons. The van der Waals surface area contributed by atoms with Crippen molar-refractivity contribution < 1.29 is 9.53 Å². The first-order valence-corrected chi connectivity index (χ1v) is 8.42. The lowest BCUT2D eigenvalue weighted by Crippen LogP contribution is -2.34. The summed E-state index contributed by atoms with van der Waals surface area (Å²) in [5.74, 6) is 1.62. The van der Waals surface area contributed by atoms with Crippen LogP contribution in [0.15, 0.2) is 30.5 Å². The summed E-state index contributed by atoms with van der Waals surface area (Å²) in [6.07, 6.45) is 5.36. The van der Waals surface area contributed by atoms with Crippen LogP contribution in [0.4, 0.5) is 0 Å². The van der Waals surface area contributed by atoms with E-state index in [1.54, 1.807) is 7.11 Å². The van der Waals surface area contributed by atoms with Crippen molar-refractivity contribution in [1.29, 1.82) is 0 Å². The Labute approximate surface area is 138 Å². The SMILES string of the molecule is COc1ccc2c(ccn2CC(=O)NC(C)CCCC(C)C)c1. The van der Waals surface area contributed by atoms with Crippen LogP contribution in [0, 0.1) is 5.92 Å². The lowest BCUT2D eigenvalue weighted by atomic mass is 10.0. The molecule has 1 aromatic heterocycles. The average Bonchev–Trinajstić information content (AvgIpc) is 2.88. The maximum atomic E-state index is 12.2. The number of ether oxygens (including phenoxy) is 1. The van der Waals surface area contributed by atoms with Crippen molar-refractivity contribution in [2.24, 2.45) is 5.92 Å². The molecule has 0 aliphatic carbocycles. The minimum Gasteiger partial charge on any atom is -0.497 e. The third-order valence-corrected chi connectivity index (χ3v) is 4.12. The van der Waals surface area contributed by atoms with Gasteiger partial charge in [-0.25, -0.2) is 0 Å². The molecule has 4 heteroatoms. The highest BCUT2D eigenvalue weighted by Gasteiger charge is 2.10. The van der Waals surface area contributed by atoms with Gasteiger partial charge < -0.3 is 14.6 Å². The number of methoxy groups -OCH3 is 1. The van der Waals surface area contributed by atoms with E-state index >= 15 is 0 Å². The summed E-state index contributed by atoms with van der Waals surface area (Å²) in [5, 5.41) is 4.18. The number of hydrogen-bond donors (Lipinski definition) is 1. The fourth-order valence-electron chi connectivity index (χ4n) is 2.82. The van der Waals surface area contributed by atoms with E-state index in [9.17, 15) is 4.79 Å². The van der Waals surface area contributed by atoms with Gasteiger partial charge in [-0.05, 0) is 43.5 Å². The Balaban J connectivity index is 1.90. The molecule has 0 aliphatic rings. The molecule has 0 bridgehead atoms. The zero-order valence-corrected chi connectivity index (χ0v) is 14.6. The monoisotopic (exact) mass is 316 g/mol. The highest BCUT2D eigenvalue weighted by Crippen LogP contribution is 2.21. The molecule has 1 N–H and O–H groups in total. The molecule has 0 spiro atoms. The molecule has 1 amide bonds. The van der Waals surface area contributed by atoms with Crippen LogP contribution in [0.2, 0.25) is 0 Å². The van der Waals surface area contributed by atoms with E-state index in [1.807, 2.05) is 35.0 Å². The Hall–Kier alpha value is -1.97. The van der Waals surface area contributed by atoms with Crippen molar-refractivity contribution in [2.75, 3.05) is 7.11 Å². The van der Waals surface area contributed by atoms with E-state index in [1.165, 1.54) is 6.42 Å². The molecule has 23 heavy (non-hydrogen) atoms. The van der Waals surface area contributed by atoms with Crippen molar-refractivity contribution >= 4 is 16.8 Å². The summed E-state index contributed by atoms with van der Waals surface area (Å²) in [4.78, 5) is 12.2. The number of nitrogens with one attached hydrogen (secondary N) is 1. The van der Waals surface area contributed by atoms with E-state index < -0.39 is 0 Å². The Morgan fingerprint density at radius 3 is 2.70 bits per heavy atom. The third kappa shape index (κ3) is 5.02. The van der Waals surface area contributed by atoms with Crippen LogP contribution in [-0.2, 0) is 11.3 Å². The van der Waals surface area contributed by atoms with Gasteiger partial charge in [0.2, 0.25) is 5.91 Å². The average molecular weight is 316 g/mol. The van der Waals surface area contributed by atoms with Gasteiger partial charge in [0, 0.05) is 23.1 Å². The Morgan fingerprint density at radius 2 is 2.00 bits per heavy atom. The van der Waals surface area contributed by atoms with Gasteiger partial charge in [0.25, 0.3) is 0 Å². The van der Waals surface area contributed by atoms with Crippen molar-refractivity contribution in [3.05, 3.63) is 30.5 Å². The zero-order valence-electron chi connectivity index (χ0n) is 14.6. The number of nitrogens with zero attached hydrogens (tertiary/aromatic N) is 1. The Morgan fingerprint density at radius 1 is 1.22 bits per heavy atom. The summed E-state index contributed by atoms with van der Waals surface area (Å²) in [6.45, 7) is 6.89. The summed E-state index contributed by atoms with van der Waals surface area (Å²) >= 11 is 0. The topological polar surface area (TPSA) is 43.3 Å². The summed E-state index contributed by atoms with van der Waals surface area (Å²) in [5.41, 5.74) is 1.05. The molecular weight excluding hydrogens is 288 g/mol. The fourth-order valence-corrected chi connectivity index (χ4v) is 2.82. The van der Waals surface area contributed by atoms with Crippen LogP contribution in [0.3, 0.4) is 0 Å². The van der Waals surface area contributed by atoms with Gasteiger partial charge in [0.05, 0.1) is 7.11 Å². The van der Waals surface area contributed by atoms with Crippen molar-refractivity contribution in [3.63, 3.8) is 0 Å². The van der Waals surface area contributed by atoms with Gasteiger partial charge in [0.1, 0.15) is 12.3 Å². The van der Waals surface area contributed by atoms with E-state index in [2.05, 4.69) is 26.1 Å². The molecule has 4 nitrogen and oxygen atoms in total. The molecular formula is C19H28N2O2. The molecule has 1 heterocycles. The first-order valence-electron chi connectivity index (χ1n) is 8.42. The molecule has 1 aromatic carbocycles. The summed E-state index contributed by atoms with van der Waals surface area (Å²) < 4.78 is 7.21. The Kier molecular flexibility index (Phi) is 6.08. The number of rotatable bonds is 8. The predicted molar refractivity (Wildman–Crippen MR) is 94.8 cm³/mol. The van der Waals surface area contributed by atoms with Crippen molar-refractivity contribution in [3.8, 4) is 5.75 Å². The van der Waals surface area contributed by atoms with Gasteiger partial charge >= 0.3 is 0 Å². The normalized spacial score (nSPS) is 12.6.